The molecule has 0 aliphatic heterocycles. The molecule has 4 unspecified atom stereocenters. The van der Waals surface area contributed by atoms with Gasteiger partial charge in [-0.2, -0.15) is 0 Å². The van der Waals surface area contributed by atoms with Crippen LogP contribution in [-0.4, -0.2) is 62.8 Å². The molecule has 0 bridgehead atoms. The quantitative estimate of drug-likeness (QED) is 0.252. The molecule has 6 heteroatoms. The van der Waals surface area contributed by atoms with Gasteiger partial charge in [-0.25, -0.2) is 0 Å². The molecule has 0 amide bonds. The average molecular weight is 179 g/mol. The normalized spacial score (nSPS) is 21.1. The number of aliphatic hydroxyl groups is 5. The van der Waals surface area contributed by atoms with E-state index in [1.807, 2.05) is 0 Å². The van der Waals surface area contributed by atoms with Gasteiger partial charge in [-0.1, -0.05) is 0 Å². The summed E-state index contributed by atoms with van der Waals surface area (Å²) in [6.07, 6.45) is -5.86. The molecule has 0 fully saturated rings. The Kier molecular flexibility index (Phi) is 4.95. The highest BCUT2D eigenvalue weighted by atomic mass is 16.4. The molecule has 0 spiro atoms. The van der Waals surface area contributed by atoms with Gasteiger partial charge in [-0.05, 0) is 0 Å². The first kappa shape index (κ1) is 11.5. The highest BCUT2D eigenvalue weighted by molar-refractivity contribution is 5.59. The van der Waals surface area contributed by atoms with Gasteiger partial charge in [-0.15, -0.1) is 0 Å². The molecule has 0 aliphatic carbocycles. The van der Waals surface area contributed by atoms with Gasteiger partial charge in [0.2, 0.25) is 0 Å². The van der Waals surface area contributed by atoms with E-state index in [-0.39, 0.29) is 0 Å². The molecule has 0 saturated heterocycles. The van der Waals surface area contributed by atoms with Crippen molar-refractivity contribution in [2.24, 2.45) is 0 Å². The van der Waals surface area contributed by atoms with E-state index in [1.54, 1.807) is 0 Å². The van der Waals surface area contributed by atoms with Gasteiger partial charge < -0.3 is 30.9 Å². The molecule has 4 atom stereocenters. The van der Waals surface area contributed by atoms with E-state index < -0.39 is 31.0 Å². The maximum absolute atomic E-state index is 8.97. The van der Waals surface area contributed by atoms with Crippen LogP contribution in [0.4, 0.5) is 0 Å². The minimum absolute atomic E-state index is 0.526. The lowest BCUT2D eigenvalue weighted by molar-refractivity contribution is -0.1000. The first-order valence-corrected chi connectivity index (χ1v) is 3.38. The Labute approximate surface area is 69.2 Å². The fraction of sp³-hybridized carbons (Fsp3) is 0.833. The van der Waals surface area contributed by atoms with Gasteiger partial charge in [0, 0.05) is 6.21 Å². The Morgan fingerprint density at radius 3 is 1.92 bits per heavy atom. The van der Waals surface area contributed by atoms with E-state index in [9.17, 15) is 0 Å². The third kappa shape index (κ3) is 2.84. The molecule has 6 N–H and O–H groups in total. The molecule has 12 heavy (non-hydrogen) atoms. The third-order valence-electron chi connectivity index (χ3n) is 1.45. The molecule has 0 aromatic heterocycles. The van der Waals surface area contributed by atoms with E-state index in [2.05, 4.69) is 0 Å². The molecule has 6 nitrogen and oxygen atoms in total. The standard InChI is InChI=1S/C6H13NO5/c7-1-3(9)5(11)6(12)4(10)2-8/h1,3-12H,2H2. The highest BCUT2D eigenvalue weighted by Crippen LogP contribution is 2.02. The van der Waals surface area contributed by atoms with Crippen molar-refractivity contribution in [2.45, 2.75) is 24.4 Å². The van der Waals surface area contributed by atoms with Gasteiger partial charge in [0.25, 0.3) is 0 Å². The molecular weight excluding hydrogens is 166 g/mol. The zero-order chi connectivity index (χ0) is 9.72. The Morgan fingerprint density at radius 1 is 1.08 bits per heavy atom. The highest BCUT2D eigenvalue weighted by Gasteiger charge is 2.28. The fourth-order valence-electron chi connectivity index (χ4n) is 0.636. The first-order chi connectivity index (χ1) is 5.54. The molecule has 0 heterocycles. The topological polar surface area (TPSA) is 125 Å². The van der Waals surface area contributed by atoms with Gasteiger partial charge in [0.1, 0.15) is 24.4 Å². The number of rotatable bonds is 5. The van der Waals surface area contributed by atoms with Gasteiger partial charge in [0.05, 0.1) is 6.61 Å². The summed E-state index contributed by atoms with van der Waals surface area (Å²) in [5, 5.41) is 50.4. The summed E-state index contributed by atoms with van der Waals surface area (Å²) in [7, 11) is 0. The lowest BCUT2D eigenvalue weighted by Gasteiger charge is -2.23. The lowest BCUT2D eigenvalue weighted by Crippen LogP contribution is -2.46. The minimum atomic E-state index is -1.66. The van der Waals surface area contributed by atoms with Crippen molar-refractivity contribution in [3.05, 3.63) is 0 Å². The fourth-order valence-corrected chi connectivity index (χ4v) is 0.636. The summed E-state index contributed by atoms with van der Waals surface area (Å²) < 4.78 is 0. The van der Waals surface area contributed by atoms with E-state index in [0.717, 1.165) is 0 Å². The summed E-state index contributed by atoms with van der Waals surface area (Å²) in [5.41, 5.74) is 0. The lowest BCUT2D eigenvalue weighted by atomic mass is 10.0. The predicted octanol–water partition coefficient (Wildman–Crippen LogP) is -2.93. The zero-order valence-corrected chi connectivity index (χ0v) is 6.33. The number of hydrogen-bond acceptors (Lipinski definition) is 6. The van der Waals surface area contributed by atoms with Crippen LogP contribution in [0.5, 0.6) is 0 Å². The van der Waals surface area contributed by atoms with Crippen molar-refractivity contribution in [1.82, 2.24) is 0 Å². The predicted molar refractivity (Wildman–Crippen MR) is 39.9 cm³/mol. The summed E-state index contributed by atoms with van der Waals surface area (Å²) in [6, 6.07) is 0. The number of aliphatic hydroxyl groups excluding tert-OH is 5. The molecule has 0 saturated carbocycles. The Morgan fingerprint density at radius 2 is 1.58 bits per heavy atom. The van der Waals surface area contributed by atoms with Gasteiger partial charge >= 0.3 is 0 Å². The smallest absolute Gasteiger partial charge is 0.117 e. The number of nitrogens with one attached hydrogen (secondary N) is 1. The van der Waals surface area contributed by atoms with Crippen LogP contribution in [0.25, 0.3) is 0 Å². The second-order valence-corrected chi connectivity index (χ2v) is 2.39. The van der Waals surface area contributed by atoms with Crippen LogP contribution in [-0.2, 0) is 0 Å². The molecule has 0 aromatic carbocycles. The van der Waals surface area contributed by atoms with Crippen molar-refractivity contribution in [1.29, 1.82) is 5.41 Å². The van der Waals surface area contributed by atoms with Crippen LogP contribution in [0.2, 0.25) is 0 Å². The van der Waals surface area contributed by atoms with E-state index in [1.165, 1.54) is 0 Å². The molecular formula is C6H13NO5. The summed E-state index contributed by atoms with van der Waals surface area (Å²) in [6.45, 7) is -0.719. The van der Waals surface area contributed by atoms with E-state index in [0.29, 0.717) is 6.21 Å². The van der Waals surface area contributed by atoms with Crippen LogP contribution < -0.4 is 0 Å². The largest absolute Gasteiger partial charge is 0.394 e. The molecule has 0 aliphatic rings. The molecule has 0 aromatic rings. The van der Waals surface area contributed by atoms with Crippen LogP contribution >= 0.6 is 0 Å². The molecule has 0 radical (unpaired) electrons. The summed E-state index contributed by atoms with van der Waals surface area (Å²) in [5.74, 6) is 0. The maximum atomic E-state index is 8.97. The Balaban J connectivity index is 4.07. The second kappa shape index (κ2) is 5.18. The van der Waals surface area contributed by atoms with Gasteiger partial charge in [0.15, 0.2) is 0 Å². The first-order valence-electron chi connectivity index (χ1n) is 3.38. The zero-order valence-electron chi connectivity index (χ0n) is 6.33. The van der Waals surface area contributed by atoms with Crippen molar-refractivity contribution in [3.63, 3.8) is 0 Å². The monoisotopic (exact) mass is 179 g/mol. The third-order valence-corrected chi connectivity index (χ3v) is 1.45. The van der Waals surface area contributed by atoms with Crippen LogP contribution in [0.1, 0.15) is 0 Å². The second-order valence-electron chi connectivity index (χ2n) is 2.39. The van der Waals surface area contributed by atoms with Crippen LogP contribution in [0, 0.1) is 5.41 Å². The molecule has 72 valence electrons. The SMILES string of the molecule is N=CC(O)C(O)C(O)C(O)CO. The Hall–Kier alpha value is -0.530. The van der Waals surface area contributed by atoms with Crippen molar-refractivity contribution in [3.8, 4) is 0 Å². The van der Waals surface area contributed by atoms with Crippen LogP contribution in [0.15, 0.2) is 0 Å². The van der Waals surface area contributed by atoms with E-state index >= 15 is 0 Å². The van der Waals surface area contributed by atoms with Gasteiger partial charge in [-0.3, -0.25) is 0 Å². The maximum Gasteiger partial charge on any atom is 0.117 e. The average Bonchev–Trinajstić information content (AvgIpc) is 2.12. The van der Waals surface area contributed by atoms with Crippen molar-refractivity contribution < 1.29 is 25.5 Å². The molecule has 0 rings (SSSR count). The van der Waals surface area contributed by atoms with Crippen molar-refractivity contribution >= 4 is 6.21 Å². The minimum Gasteiger partial charge on any atom is -0.394 e. The number of hydrogen-bond donors (Lipinski definition) is 6. The summed E-state index contributed by atoms with van der Waals surface area (Å²) >= 11 is 0. The van der Waals surface area contributed by atoms with E-state index in [4.69, 9.17) is 30.9 Å². The summed E-state index contributed by atoms with van der Waals surface area (Å²) in [4.78, 5) is 0. The van der Waals surface area contributed by atoms with Crippen LogP contribution in [0.3, 0.4) is 0 Å². The van der Waals surface area contributed by atoms with Crippen molar-refractivity contribution in [2.75, 3.05) is 6.61 Å². The Bertz CT molecular complexity index is 142.